The summed E-state index contributed by atoms with van der Waals surface area (Å²) in [5.41, 5.74) is 8.93. The summed E-state index contributed by atoms with van der Waals surface area (Å²) < 4.78 is 2.70. The Morgan fingerprint density at radius 2 is 1.75 bits per heavy atom. The Hall–Kier alpha value is -3.24. The van der Waals surface area contributed by atoms with Crippen LogP contribution in [0.2, 0.25) is 0 Å². The number of rotatable bonds is 0. The molecule has 0 aliphatic carbocycles. The SMILES string of the molecule is c1ccc2c(c1)sc1ccc3c(c12)Cc1nccc2c1N3c1cnccc1C2. The summed E-state index contributed by atoms with van der Waals surface area (Å²) in [5, 5.41) is 2.73. The van der Waals surface area contributed by atoms with Crippen LogP contribution in [0.15, 0.2) is 67.1 Å². The molecule has 0 radical (unpaired) electrons. The number of anilines is 3. The first-order valence-electron chi connectivity index (χ1n) is 9.51. The lowest BCUT2D eigenvalue weighted by atomic mass is 9.88. The Kier molecular flexibility index (Phi) is 2.73. The van der Waals surface area contributed by atoms with E-state index in [-0.39, 0.29) is 0 Å². The molecule has 5 heterocycles. The number of thiophene rings is 1. The summed E-state index contributed by atoms with van der Waals surface area (Å²) in [5.74, 6) is 0. The fraction of sp³-hybridized carbons (Fsp3) is 0.0833. The zero-order valence-corrected chi connectivity index (χ0v) is 15.8. The lowest BCUT2D eigenvalue weighted by molar-refractivity contribution is 0.961. The van der Waals surface area contributed by atoms with Crippen LogP contribution in [0.4, 0.5) is 17.1 Å². The van der Waals surface area contributed by atoms with Crippen molar-refractivity contribution in [2.24, 2.45) is 0 Å². The van der Waals surface area contributed by atoms with Gasteiger partial charge in [0.25, 0.3) is 0 Å². The topological polar surface area (TPSA) is 29.0 Å². The van der Waals surface area contributed by atoms with Crippen molar-refractivity contribution in [1.29, 1.82) is 0 Å². The van der Waals surface area contributed by atoms with E-state index in [2.05, 4.69) is 58.4 Å². The lowest BCUT2D eigenvalue weighted by Gasteiger charge is -2.38. The molecule has 2 aliphatic rings. The van der Waals surface area contributed by atoms with Crippen molar-refractivity contribution in [2.45, 2.75) is 12.8 Å². The Labute approximate surface area is 165 Å². The lowest BCUT2D eigenvalue weighted by Crippen LogP contribution is -2.25. The third-order valence-electron chi connectivity index (χ3n) is 6.03. The Bertz CT molecular complexity index is 1430. The molecule has 0 spiro atoms. The second-order valence-corrected chi connectivity index (χ2v) is 8.58. The van der Waals surface area contributed by atoms with Gasteiger partial charge in [-0.05, 0) is 47.0 Å². The number of hydrogen-bond acceptors (Lipinski definition) is 4. The molecule has 0 amide bonds. The summed E-state index contributed by atoms with van der Waals surface area (Å²) in [6.07, 6.45) is 7.68. The van der Waals surface area contributed by atoms with Gasteiger partial charge in [-0.2, -0.15) is 0 Å². The maximum absolute atomic E-state index is 4.80. The zero-order valence-electron chi connectivity index (χ0n) is 15.0. The summed E-state index contributed by atoms with van der Waals surface area (Å²) in [7, 11) is 0. The molecule has 2 aromatic carbocycles. The number of aromatic nitrogens is 2. The average Bonchev–Trinajstić information content (AvgIpc) is 3.12. The van der Waals surface area contributed by atoms with E-state index in [1.165, 1.54) is 59.6 Å². The molecular weight excluding hydrogens is 362 g/mol. The van der Waals surface area contributed by atoms with Crippen LogP contribution < -0.4 is 4.90 Å². The largest absolute Gasteiger partial charge is 0.306 e. The highest BCUT2D eigenvalue weighted by Crippen LogP contribution is 2.52. The van der Waals surface area contributed by atoms with Gasteiger partial charge in [0.05, 0.1) is 29.0 Å². The van der Waals surface area contributed by atoms with Crippen molar-refractivity contribution in [3.05, 3.63) is 89.5 Å². The van der Waals surface area contributed by atoms with Crippen LogP contribution in [-0.4, -0.2) is 9.97 Å². The maximum atomic E-state index is 4.80. The van der Waals surface area contributed by atoms with E-state index in [1.807, 2.05) is 29.9 Å². The molecule has 0 bridgehead atoms. The first-order valence-corrected chi connectivity index (χ1v) is 10.3. The first kappa shape index (κ1) is 14.8. The van der Waals surface area contributed by atoms with Crippen molar-refractivity contribution >= 4 is 48.6 Å². The normalized spacial score (nSPS) is 14.1. The first-order chi connectivity index (χ1) is 13.9. The molecule has 0 saturated heterocycles. The molecule has 132 valence electrons. The Morgan fingerprint density at radius 1 is 0.821 bits per heavy atom. The van der Waals surface area contributed by atoms with Gasteiger partial charge in [0, 0.05) is 45.4 Å². The highest BCUT2D eigenvalue weighted by Gasteiger charge is 2.33. The second kappa shape index (κ2) is 5.18. The average molecular weight is 377 g/mol. The molecular formula is C24H15N3S. The molecule has 0 fully saturated rings. The van der Waals surface area contributed by atoms with Crippen LogP contribution in [0.25, 0.3) is 20.2 Å². The molecule has 0 N–H and O–H groups in total. The summed E-state index contributed by atoms with van der Waals surface area (Å²) >= 11 is 1.88. The molecule has 0 atom stereocenters. The summed E-state index contributed by atoms with van der Waals surface area (Å²) in [4.78, 5) is 11.6. The molecule has 7 rings (SSSR count). The number of benzene rings is 2. The van der Waals surface area contributed by atoms with E-state index >= 15 is 0 Å². The van der Waals surface area contributed by atoms with Gasteiger partial charge in [-0.25, -0.2) is 0 Å². The minimum Gasteiger partial charge on any atom is -0.306 e. The molecule has 4 heteroatoms. The van der Waals surface area contributed by atoms with E-state index < -0.39 is 0 Å². The Balaban J connectivity index is 1.62. The van der Waals surface area contributed by atoms with Gasteiger partial charge in [-0.1, -0.05) is 18.2 Å². The predicted octanol–water partition coefficient (Wildman–Crippen LogP) is 6.12. The molecule has 5 aromatic rings. The van der Waals surface area contributed by atoms with Gasteiger partial charge < -0.3 is 4.90 Å². The fourth-order valence-electron chi connectivity index (χ4n) is 4.86. The smallest absolute Gasteiger partial charge is 0.0716 e. The number of pyridine rings is 2. The van der Waals surface area contributed by atoms with Crippen LogP contribution in [0.3, 0.4) is 0 Å². The Morgan fingerprint density at radius 3 is 2.75 bits per heavy atom. The van der Waals surface area contributed by atoms with Crippen molar-refractivity contribution in [1.82, 2.24) is 9.97 Å². The predicted molar refractivity (Wildman–Crippen MR) is 115 cm³/mol. The van der Waals surface area contributed by atoms with Crippen LogP contribution in [-0.2, 0) is 12.8 Å². The minimum atomic E-state index is 0.878. The maximum Gasteiger partial charge on any atom is 0.0716 e. The van der Waals surface area contributed by atoms with Crippen LogP contribution in [0.5, 0.6) is 0 Å². The van der Waals surface area contributed by atoms with E-state index in [1.54, 1.807) is 0 Å². The van der Waals surface area contributed by atoms with Crippen LogP contribution in [0.1, 0.15) is 22.4 Å². The van der Waals surface area contributed by atoms with Crippen molar-refractivity contribution in [2.75, 3.05) is 4.90 Å². The minimum absolute atomic E-state index is 0.878. The third-order valence-corrected chi connectivity index (χ3v) is 7.16. The summed E-state index contributed by atoms with van der Waals surface area (Å²) in [6.45, 7) is 0. The van der Waals surface area contributed by atoms with Gasteiger partial charge in [-0.15, -0.1) is 11.3 Å². The van der Waals surface area contributed by atoms with Gasteiger partial charge in [0.1, 0.15) is 0 Å². The van der Waals surface area contributed by atoms with E-state index in [0.29, 0.717) is 0 Å². The zero-order chi connectivity index (χ0) is 18.2. The summed E-state index contributed by atoms with van der Waals surface area (Å²) in [6, 6.07) is 17.6. The van der Waals surface area contributed by atoms with Gasteiger partial charge in [0.15, 0.2) is 0 Å². The van der Waals surface area contributed by atoms with Crippen LogP contribution >= 0.6 is 11.3 Å². The third kappa shape index (κ3) is 1.78. The molecule has 0 saturated carbocycles. The van der Waals surface area contributed by atoms with Gasteiger partial charge in [-0.3, -0.25) is 9.97 Å². The van der Waals surface area contributed by atoms with E-state index in [9.17, 15) is 0 Å². The monoisotopic (exact) mass is 377 g/mol. The highest BCUT2D eigenvalue weighted by atomic mass is 32.1. The second-order valence-electron chi connectivity index (χ2n) is 7.49. The van der Waals surface area contributed by atoms with Crippen molar-refractivity contribution < 1.29 is 0 Å². The van der Waals surface area contributed by atoms with Crippen LogP contribution in [0, 0.1) is 0 Å². The number of fused-ring (bicyclic) bond motifs is 8. The molecule has 0 unspecified atom stereocenters. The van der Waals surface area contributed by atoms with Gasteiger partial charge in [0.2, 0.25) is 0 Å². The van der Waals surface area contributed by atoms with E-state index in [4.69, 9.17) is 4.98 Å². The molecule has 28 heavy (non-hydrogen) atoms. The molecule has 2 aliphatic heterocycles. The quantitative estimate of drug-likeness (QED) is 0.319. The number of nitrogens with zero attached hydrogens (tertiary/aromatic N) is 3. The van der Waals surface area contributed by atoms with E-state index in [0.717, 1.165) is 12.8 Å². The molecule has 3 aromatic heterocycles. The fourth-order valence-corrected chi connectivity index (χ4v) is 6.00. The highest BCUT2D eigenvalue weighted by molar-refractivity contribution is 7.25. The van der Waals surface area contributed by atoms with Crippen molar-refractivity contribution in [3.8, 4) is 0 Å². The van der Waals surface area contributed by atoms with Crippen molar-refractivity contribution in [3.63, 3.8) is 0 Å². The molecule has 3 nitrogen and oxygen atoms in total. The standard InChI is InChI=1S/C24H15N3S/c1-2-4-21-16(3-1)23-17-12-18-24-15(8-10-26-18)11-14-7-9-25-13-20(14)27(24)19(17)5-6-22(23)28-21/h1-10,13H,11-12H2. The number of hydrogen-bond donors (Lipinski definition) is 0. The van der Waals surface area contributed by atoms with Gasteiger partial charge >= 0.3 is 0 Å².